The zero-order valence-corrected chi connectivity index (χ0v) is 14.4. The predicted octanol–water partition coefficient (Wildman–Crippen LogP) is 3.31. The SMILES string of the molecule is Cc1cccc(NC(=O)CSc2nnc(C)c(C)c2C#N)c1C. The number of anilines is 1. The lowest BCUT2D eigenvalue weighted by molar-refractivity contribution is -0.113. The van der Waals surface area contributed by atoms with Crippen LogP contribution in [0, 0.1) is 39.0 Å². The smallest absolute Gasteiger partial charge is 0.234 e. The van der Waals surface area contributed by atoms with Gasteiger partial charge in [-0.3, -0.25) is 4.79 Å². The molecule has 0 saturated carbocycles. The fraction of sp³-hybridized carbons (Fsp3) is 0.294. The summed E-state index contributed by atoms with van der Waals surface area (Å²) in [4.78, 5) is 12.1. The number of carbonyl (C=O) groups is 1. The van der Waals surface area contributed by atoms with Gasteiger partial charge in [-0.1, -0.05) is 23.9 Å². The average Bonchev–Trinajstić information content (AvgIpc) is 2.53. The highest BCUT2D eigenvalue weighted by atomic mass is 32.2. The Morgan fingerprint density at radius 2 is 1.96 bits per heavy atom. The Labute approximate surface area is 140 Å². The molecule has 1 aromatic heterocycles. The number of aryl methyl sites for hydroxylation is 2. The molecule has 1 N–H and O–H groups in total. The number of rotatable bonds is 4. The lowest BCUT2D eigenvalue weighted by atomic mass is 10.1. The van der Waals surface area contributed by atoms with Gasteiger partial charge in [0.15, 0.2) is 0 Å². The first-order chi connectivity index (χ1) is 10.9. The number of nitriles is 1. The molecule has 0 unspecified atom stereocenters. The minimum absolute atomic E-state index is 0.132. The quantitative estimate of drug-likeness (QED) is 0.872. The molecule has 5 nitrogen and oxygen atoms in total. The summed E-state index contributed by atoms with van der Waals surface area (Å²) in [5, 5.41) is 20.7. The Balaban J connectivity index is 2.07. The van der Waals surface area contributed by atoms with Crippen LogP contribution in [0.25, 0.3) is 0 Å². The Morgan fingerprint density at radius 3 is 2.65 bits per heavy atom. The summed E-state index contributed by atoms with van der Waals surface area (Å²) in [6.45, 7) is 7.62. The number of carbonyl (C=O) groups excluding carboxylic acids is 1. The van der Waals surface area contributed by atoms with Crippen molar-refractivity contribution >= 4 is 23.4 Å². The fourth-order valence-corrected chi connectivity index (χ4v) is 2.81. The summed E-state index contributed by atoms with van der Waals surface area (Å²) in [5.74, 6) is 0.0480. The van der Waals surface area contributed by atoms with Crippen LogP contribution in [-0.4, -0.2) is 21.9 Å². The van der Waals surface area contributed by atoms with Crippen molar-refractivity contribution in [2.45, 2.75) is 32.7 Å². The number of nitrogens with one attached hydrogen (secondary N) is 1. The largest absolute Gasteiger partial charge is 0.325 e. The van der Waals surface area contributed by atoms with E-state index in [1.807, 2.05) is 45.9 Å². The number of nitrogens with zero attached hydrogens (tertiary/aromatic N) is 3. The lowest BCUT2D eigenvalue weighted by Crippen LogP contribution is -2.15. The van der Waals surface area contributed by atoms with E-state index in [9.17, 15) is 10.1 Å². The maximum atomic E-state index is 12.1. The summed E-state index contributed by atoms with van der Waals surface area (Å²) in [6, 6.07) is 7.93. The molecule has 0 aliphatic carbocycles. The molecule has 0 aliphatic heterocycles. The highest BCUT2D eigenvalue weighted by molar-refractivity contribution is 8.00. The van der Waals surface area contributed by atoms with Crippen LogP contribution in [0.4, 0.5) is 5.69 Å². The maximum absolute atomic E-state index is 12.1. The van der Waals surface area contributed by atoms with E-state index in [0.29, 0.717) is 10.6 Å². The molecule has 0 radical (unpaired) electrons. The van der Waals surface area contributed by atoms with E-state index < -0.39 is 0 Å². The van der Waals surface area contributed by atoms with Gasteiger partial charge < -0.3 is 5.32 Å². The molecule has 0 saturated heterocycles. The number of aromatic nitrogens is 2. The van der Waals surface area contributed by atoms with Gasteiger partial charge >= 0.3 is 0 Å². The average molecular weight is 326 g/mol. The van der Waals surface area contributed by atoms with Crippen LogP contribution >= 0.6 is 11.8 Å². The van der Waals surface area contributed by atoms with E-state index in [4.69, 9.17) is 0 Å². The van der Waals surface area contributed by atoms with E-state index in [2.05, 4.69) is 21.6 Å². The normalized spacial score (nSPS) is 10.2. The highest BCUT2D eigenvalue weighted by Gasteiger charge is 2.13. The van der Waals surface area contributed by atoms with Crippen LogP contribution in [0.1, 0.15) is 27.9 Å². The molecule has 1 amide bonds. The van der Waals surface area contributed by atoms with Gasteiger partial charge in [0.2, 0.25) is 5.91 Å². The molecule has 118 valence electrons. The molecule has 0 atom stereocenters. The van der Waals surface area contributed by atoms with Crippen molar-refractivity contribution in [3.8, 4) is 6.07 Å². The van der Waals surface area contributed by atoms with Crippen molar-refractivity contribution < 1.29 is 4.79 Å². The third-order valence-corrected chi connectivity index (χ3v) is 4.72. The van der Waals surface area contributed by atoms with Crippen LogP contribution in [-0.2, 0) is 4.79 Å². The Kier molecular flexibility index (Phi) is 5.35. The Morgan fingerprint density at radius 1 is 1.22 bits per heavy atom. The molecule has 1 aromatic carbocycles. The molecule has 2 rings (SSSR count). The molecule has 2 aromatic rings. The standard InChI is InChI=1S/C17H18N4OS/c1-10-6-5-7-15(11(10)2)19-16(22)9-23-17-14(8-18)12(3)13(4)20-21-17/h5-7H,9H2,1-4H3,(H,19,22). The Hall–Kier alpha value is -2.39. The van der Waals surface area contributed by atoms with Crippen molar-refractivity contribution in [2.24, 2.45) is 0 Å². The molecule has 0 fully saturated rings. The van der Waals surface area contributed by atoms with Crippen molar-refractivity contribution in [3.05, 3.63) is 46.1 Å². The van der Waals surface area contributed by atoms with Gasteiger partial charge in [-0.05, 0) is 50.5 Å². The lowest BCUT2D eigenvalue weighted by Gasteiger charge is -2.10. The maximum Gasteiger partial charge on any atom is 0.234 e. The third kappa shape index (κ3) is 3.88. The summed E-state index contributed by atoms with van der Waals surface area (Å²) in [5.41, 5.74) is 5.01. The number of amides is 1. The summed E-state index contributed by atoms with van der Waals surface area (Å²) < 4.78 is 0. The molecule has 0 spiro atoms. The van der Waals surface area contributed by atoms with E-state index in [0.717, 1.165) is 28.1 Å². The van der Waals surface area contributed by atoms with Gasteiger partial charge in [-0.25, -0.2) is 0 Å². The topological polar surface area (TPSA) is 78.7 Å². The van der Waals surface area contributed by atoms with Crippen LogP contribution in [0.3, 0.4) is 0 Å². The molecule has 0 aliphatic rings. The summed E-state index contributed by atoms with van der Waals surface area (Å²) >= 11 is 1.22. The second-order valence-corrected chi connectivity index (χ2v) is 6.25. The summed E-state index contributed by atoms with van der Waals surface area (Å²) in [6.07, 6.45) is 0. The highest BCUT2D eigenvalue weighted by Crippen LogP contribution is 2.24. The van der Waals surface area contributed by atoms with E-state index in [1.54, 1.807) is 0 Å². The van der Waals surface area contributed by atoms with Crippen molar-refractivity contribution in [3.63, 3.8) is 0 Å². The zero-order valence-electron chi connectivity index (χ0n) is 13.6. The third-order valence-electron chi connectivity index (χ3n) is 3.75. The van der Waals surface area contributed by atoms with Gasteiger partial charge in [-0.15, -0.1) is 5.10 Å². The minimum atomic E-state index is -0.132. The van der Waals surface area contributed by atoms with Gasteiger partial charge in [0.25, 0.3) is 0 Å². The van der Waals surface area contributed by atoms with E-state index >= 15 is 0 Å². The first-order valence-corrected chi connectivity index (χ1v) is 8.15. The van der Waals surface area contributed by atoms with Crippen LogP contribution in [0.5, 0.6) is 0 Å². The number of hydrogen-bond donors (Lipinski definition) is 1. The number of thioether (sulfide) groups is 1. The monoisotopic (exact) mass is 326 g/mol. The van der Waals surface area contributed by atoms with Crippen molar-refractivity contribution in [1.29, 1.82) is 5.26 Å². The number of hydrogen-bond acceptors (Lipinski definition) is 5. The first-order valence-electron chi connectivity index (χ1n) is 7.17. The predicted molar refractivity (Wildman–Crippen MR) is 91.5 cm³/mol. The molecular formula is C17H18N4OS. The van der Waals surface area contributed by atoms with Gasteiger partial charge in [0, 0.05) is 5.69 Å². The van der Waals surface area contributed by atoms with Gasteiger partial charge in [-0.2, -0.15) is 10.4 Å². The van der Waals surface area contributed by atoms with Crippen LogP contribution in [0.15, 0.2) is 23.2 Å². The second kappa shape index (κ2) is 7.25. The van der Waals surface area contributed by atoms with Gasteiger partial charge in [0.05, 0.1) is 17.0 Å². The molecule has 0 bridgehead atoms. The molecule has 6 heteroatoms. The molecular weight excluding hydrogens is 308 g/mol. The van der Waals surface area contributed by atoms with E-state index in [1.165, 1.54) is 11.8 Å². The van der Waals surface area contributed by atoms with Crippen molar-refractivity contribution in [1.82, 2.24) is 10.2 Å². The first kappa shape index (κ1) is 17.0. The second-order valence-electron chi connectivity index (χ2n) is 5.29. The van der Waals surface area contributed by atoms with Crippen LogP contribution < -0.4 is 5.32 Å². The van der Waals surface area contributed by atoms with E-state index in [-0.39, 0.29) is 11.7 Å². The summed E-state index contributed by atoms with van der Waals surface area (Å²) in [7, 11) is 0. The number of benzene rings is 1. The minimum Gasteiger partial charge on any atom is -0.325 e. The Bertz CT molecular complexity index is 796. The van der Waals surface area contributed by atoms with Crippen molar-refractivity contribution in [2.75, 3.05) is 11.1 Å². The molecule has 23 heavy (non-hydrogen) atoms. The molecule has 1 heterocycles. The zero-order chi connectivity index (χ0) is 17.0. The van der Waals surface area contributed by atoms with Gasteiger partial charge in [0.1, 0.15) is 11.1 Å². The van der Waals surface area contributed by atoms with Crippen LogP contribution in [0.2, 0.25) is 0 Å². The fourth-order valence-electron chi connectivity index (χ4n) is 2.03.